The predicted molar refractivity (Wildman–Crippen MR) is 106 cm³/mol. The smallest absolute Gasteiger partial charge is 0.303 e. The summed E-state index contributed by atoms with van der Waals surface area (Å²) in [6.45, 7) is 3.33. The summed E-state index contributed by atoms with van der Waals surface area (Å²) in [7, 11) is 0. The lowest BCUT2D eigenvalue weighted by Gasteiger charge is -2.23. The first-order valence-corrected chi connectivity index (χ1v) is 9.37. The van der Waals surface area contributed by atoms with Crippen LogP contribution in [0.3, 0.4) is 0 Å². The summed E-state index contributed by atoms with van der Waals surface area (Å²) >= 11 is 0. The molecule has 0 aliphatic carbocycles. The lowest BCUT2D eigenvalue weighted by molar-refractivity contribution is -0.137. The molecule has 1 amide bonds. The van der Waals surface area contributed by atoms with Gasteiger partial charge < -0.3 is 4.90 Å². The summed E-state index contributed by atoms with van der Waals surface area (Å²) in [6.07, 6.45) is -3.99. The van der Waals surface area contributed by atoms with Crippen molar-refractivity contribution in [3.63, 3.8) is 0 Å². The van der Waals surface area contributed by atoms with E-state index in [1.54, 1.807) is 12.1 Å². The van der Waals surface area contributed by atoms with Gasteiger partial charge in [0.05, 0.1) is 11.3 Å². The number of alkyl halides is 3. The minimum atomic E-state index is -4.61. The van der Waals surface area contributed by atoms with Gasteiger partial charge >= 0.3 is 6.18 Å². The van der Waals surface area contributed by atoms with E-state index >= 15 is 0 Å². The molecule has 0 unspecified atom stereocenters. The van der Waals surface area contributed by atoms with Crippen LogP contribution in [0.4, 0.5) is 18.9 Å². The third-order valence-corrected chi connectivity index (χ3v) is 5.17. The maximum Gasteiger partial charge on any atom is 0.418 e. The molecule has 1 atom stereocenters. The van der Waals surface area contributed by atoms with E-state index in [9.17, 15) is 22.8 Å². The summed E-state index contributed by atoms with van der Waals surface area (Å²) in [5.41, 5.74) is -0.347. The highest BCUT2D eigenvalue weighted by atomic mass is 19.4. The van der Waals surface area contributed by atoms with Crippen molar-refractivity contribution in [3.8, 4) is 5.69 Å². The first kappa shape index (κ1) is 19.9. The number of amides is 1. The minimum Gasteiger partial charge on any atom is -0.303 e. The van der Waals surface area contributed by atoms with Crippen molar-refractivity contribution < 1.29 is 18.0 Å². The fourth-order valence-electron chi connectivity index (χ4n) is 3.83. The van der Waals surface area contributed by atoms with Gasteiger partial charge in [0.1, 0.15) is 0 Å². The number of halogens is 3. The average molecular weight is 413 g/mol. The van der Waals surface area contributed by atoms with Crippen molar-refractivity contribution in [2.45, 2.75) is 32.5 Å². The van der Waals surface area contributed by atoms with Gasteiger partial charge in [-0.25, -0.2) is 4.68 Å². The molecule has 5 nitrogen and oxygen atoms in total. The topological polar surface area (TPSA) is 55.2 Å². The molecule has 0 saturated carbocycles. The predicted octanol–water partition coefficient (Wildman–Crippen LogP) is 4.15. The zero-order chi connectivity index (χ0) is 21.6. The highest BCUT2D eigenvalue weighted by molar-refractivity contribution is 6.06. The van der Waals surface area contributed by atoms with Gasteiger partial charge in [-0.3, -0.25) is 9.59 Å². The van der Waals surface area contributed by atoms with E-state index in [0.717, 1.165) is 22.4 Å². The third-order valence-electron chi connectivity index (χ3n) is 5.17. The Labute approximate surface area is 170 Å². The monoisotopic (exact) mass is 413 g/mol. The number of nitrogens with zero attached hydrogens (tertiary/aromatic N) is 3. The molecule has 154 valence electrons. The van der Waals surface area contributed by atoms with Crippen LogP contribution in [0, 0.1) is 6.92 Å². The molecular weight excluding hydrogens is 395 g/mol. The van der Waals surface area contributed by atoms with Crippen LogP contribution in [0.2, 0.25) is 0 Å². The average Bonchev–Trinajstić information content (AvgIpc) is 3.02. The first-order valence-electron chi connectivity index (χ1n) is 9.37. The fraction of sp³-hybridized carbons (Fsp3) is 0.227. The Balaban J connectivity index is 1.85. The Morgan fingerprint density at radius 1 is 1.07 bits per heavy atom. The molecule has 1 aromatic heterocycles. The van der Waals surface area contributed by atoms with Gasteiger partial charge in [0.15, 0.2) is 5.69 Å². The number of carbonyl (C=O) groups is 1. The van der Waals surface area contributed by atoms with E-state index in [2.05, 4.69) is 5.10 Å². The van der Waals surface area contributed by atoms with Gasteiger partial charge in [-0.15, -0.1) is 0 Å². The number of aryl methyl sites for hydroxylation is 1. The lowest BCUT2D eigenvalue weighted by atomic mass is 10.1. The number of anilines is 1. The fourth-order valence-corrected chi connectivity index (χ4v) is 3.83. The number of hydrogen-bond donors (Lipinski definition) is 0. The van der Waals surface area contributed by atoms with Gasteiger partial charge in [0, 0.05) is 23.5 Å². The summed E-state index contributed by atoms with van der Waals surface area (Å²) < 4.78 is 41.5. The zero-order valence-corrected chi connectivity index (χ0v) is 16.3. The Bertz CT molecular complexity index is 1200. The molecule has 1 aliphatic rings. The summed E-state index contributed by atoms with van der Waals surface area (Å²) in [6, 6.07) is 13.2. The molecule has 2 heterocycles. The van der Waals surface area contributed by atoms with Crippen molar-refractivity contribution in [1.82, 2.24) is 9.78 Å². The first-order chi connectivity index (χ1) is 14.2. The zero-order valence-electron chi connectivity index (χ0n) is 16.3. The second-order valence-corrected chi connectivity index (χ2v) is 7.28. The third kappa shape index (κ3) is 3.28. The van der Waals surface area contributed by atoms with E-state index < -0.39 is 28.8 Å². The molecule has 30 heavy (non-hydrogen) atoms. The van der Waals surface area contributed by atoms with Crippen LogP contribution in [-0.4, -0.2) is 21.7 Å². The lowest BCUT2D eigenvalue weighted by Crippen LogP contribution is -2.39. The van der Waals surface area contributed by atoms with E-state index in [1.165, 1.54) is 30.0 Å². The van der Waals surface area contributed by atoms with Crippen molar-refractivity contribution in [3.05, 3.63) is 87.3 Å². The van der Waals surface area contributed by atoms with Gasteiger partial charge in [-0.05, 0) is 44.0 Å². The minimum absolute atomic E-state index is 0.197. The van der Waals surface area contributed by atoms with Gasteiger partial charge in [-0.1, -0.05) is 30.3 Å². The molecule has 8 heteroatoms. The molecule has 0 fully saturated rings. The molecule has 0 N–H and O–H groups in total. The van der Waals surface area contributed by atoms with E-state index in [4.69, 9.17) is 0 Å². The summed E-state index contributed by atoms with van der Waals surface area (Å²) in [5.74, 6) is -0.629. The molecular formula is C22H18F3N3O2. The highest BCUT2D eigenvalue weighted by Crippen LogP contribution is 2.34. The number of fused-ring (bicyclic) bond motifs is 1. The summed E-state index contributed by atoms with van der Waals surface area (Å²) in [5, 5.41) is 4.08. The molecule has 0 bridgehead atoms. The number of rotatable bonds is 2. The SMILES string of the molecule is Cc1cc(=O)c(C(=O)N2c3ccccc3C[C@H]2C)nn1-c1ccccc1C(F)(F)F. The van der Waals surface area contributed by atoms with Crippen LogP contribution < -0.4 is 10.3 Å². The van der Waals surface area contributed by atoms with E-state index in [1.807, 2.05) is 19.1 Å². The maximum atomic E-state index is 13.5. The normalized spacial score (nSPS) is 15.9. The van der Waals surface area contributed by atoms with Crippen molar-refractivity contribution >= 4 is 11.6 Å². The van der Waals surface area contributed by atoms with Gasteiger partial charge in [-0.2, -0.15) is 18.3 Å². The highest BCUT2D eigenvalue weighted by Gasteiger charge is 2.36. The van der Waals surface area contributed by atoms with Crippen molar-refractivity contribution in [2.24, 2.45) is 0 Å². The Hall–Kier alpha value is -3.42. The number of para-hydroxylation sites is 2. The number of carbonyl (C=O) groups excluding carboxylic acids is 1. The van der Waals surface area contributed by atoms with E-state index in [0.29, 0.717) is 12.1 Å². The van der Waals surface area contributed by atoms with Crippen LogP contribution in [0.25, 0.3) is 5.69 Å². The number of hydrogen-bond acceptors (Lipinski definition) is 3. The largest absolute Gasteiger partial charge is 0.418 e. The Kier molecular flexibility index (Phi) is 4.72. The molecule has 2 aromatic carbocycles. The van der Waals surface area contributed by atoms with Crippen LogP contribution in [0.15, 0.2) is 59.4 Å². The Morgan fingerprint density at radius 2 is 1.70 bits per heavy atom. The maximum absolute atomic E-state index is 13.5. The van der Waals surface area contributed by atoms with Crippen LogP contribution in [-0.2, 0) is 12.6 Å². The molecule has 1 aliphatic heterocycles. The summed E-state index contributed by atoms with van der Waals surface area (Å²) in [4.78, 5) is 27.3. The number of benzene rings is 2. The van der Waals surface area contributed by atoms with Crippen molar-refractivity contribution in [1.29, 1.82) is 0 Å². The Morgan fingerprint density at radius 3 is 2.40 bits per heavy atom. The van der Waals surface area contributed by atoms with Crippen LogP contribution >= 0.6 is 0 Å². The quantitative estimate of drug-likeness (QED) is 0.634. The van der Waals surface area contributed by atoms with Gasteiger partial charge in [0.2, 0.25) is 5.43 Å². The molecule has 0 radical (unpaired) electrons. The van der Waals surface area contributed by atoms with Crippen LogP contribution in [0.1, 0.15) is 34.2 Å². The molecule has 3 aromatic rings. The van der Waals surface area contributed by atoms with E-state index in [-0.39, 0.29) is 17.4 Å². The standard InChI is InChI=1S/C22H18F3N3O2/c1-13-11-15-7-3-5-9-17(15)27(13)21(30)20-19(29)12-14(2)28(26-20)18-10-6-4-8-16(18)22(23,24)25/h3-10,12-13H,11H2,1-2H3/t13-/m1/s1. The molecule has 0 saturated heterocycles. The second kappa shape index (κ2) is 7.12. The van der Waals surface area contributed by atoms with Crippen LogP contribution in [0.5, 0.6) is 0 Å². The molecule has 0 spiro atoms. The molecule has 4 rings (SSSR count). The van der Waals surface area contributed by atoms with Gasteiger partial charge in [0.25, 0.3) is 5.91 Å². The number of aromatic nitrogens is 2. The van der Waals surface area contributed by atoms with Crippen molar-refractivity contribution in [2.75, 3.05) is 4.90 Å². The second-order valence-electron chi connectivity index (χ2n) is 7.28.